The minimum absolute atomic E-state index is 0.609. The molecule has 0 aromatic rings. The van der Waals surface area contributed by atoms with Crippen LogP contribution in [0.15, 0.2) is 0 Å². The van der Waals surface area contributed by atoms with Crippen molar-refractivity contribution in [3.8, 4) is 0 Å². The van der Waals surface area contributed by atoms with Crippen LogP contribution in [0.4, 0.5) is 0 Å². The fraction of sp³-hybridized carbons (Fsp3) is 1.00. The van der Waals surface area contributed by atoms with E-state index in [0.29, 0.717) is 10.5 Å². The minimum Gasteiger partial charge on any atom is -0.397 e. The molecule has 0 bridgehead atoms. The van der Waals surface area contributed by atoms with Gasteiger partial charge in [-0.2, -0.15) is 0 Å². The smallest absolute Gasteiger partial charge is 0.222 e. The Bertz CT molecular complexity index is 158. The molecule has 4 nitrogen and oxygen atoms in total. The molecule has 84 valence electrons. The van der Waals surface area contributed by atoms with E-state index in [1.165, 1.54) is 0 Å². The van der Waals surface area contributed by atoms with Gasteiger partial charge in [0.25, 0.3) is 0 Å². The van der Waals surface area contributed by atoms with Gasteiger partial charge in [0.15, 0.2) is 0 Å². The summed E-state index contributed by atoms with van der Waals surface area (Å²) in [6.45, 7) is 0. The van der Waals surface area contributed by atoms with E-state index in [9.17, 15) is 0 Å². The molecule has 0 heterocycles. The van der Waals surface area contributed by atoms with E-state index in [-0.39, 0.29) is 0 Å². The highest BCUT2D eigenvalue weighted by atomic mass is 28.2. The van der Waals surface area contributed by atoms with Crippen molar-refractivity contribution in [1.29, 1.82) is 0 Å². The number of rotatable bonds is 4. The summed E-state index contributed by atoms with van der Waals surface area (Å²) in [7, 11) is 5.54. The summed E-state index contributed by atoms with van der Waals surface area (Å²) in [5.74, 6) is -1.44. The Hall–Kier alpha value is 0.0569. The van der Waals surface area contributed by atoms with Gasteiger partial charge in [-0.3, -0.25) is 0 Å². The van der Waals surface area contributed by atoms with Gasteiger partial charge >= 0.3 is 0 Å². The molecule has 1 unspecified atom stereocenters. The van der Waals surface area contributed by atoms with Crippen LogP contribution in [0.1, 0.15) is 25.7 Å². The highest BCUT2D eigenvalue weighted by Crippen LogP contribution is 2.42. The second-order valence-corrected chi connectivity index (χ2v) is 3.94. The first-order valence-electron chi connectivity index (χ1n) is 4.91. The van der Waals surface area contributed by atoms with Crippen molar-refractivity contribution < 1.29 is 18.6 Å². The van der Waals surface area contributed by atoms with Crippen molar-refractivity contribution in [2.24, 2.45) is 0 Å². The van der Waals surface area contributed by atoms with E-state index < -0.39 is 11.6 Å². The molecule has 0 N–H and O–H groups in total. The lowest BCUT2D eigenvalue weighted by Gasteiger charge is -2.49. The van der Waals surface area contributed by atoms with Crippen LogP contribution in [0, 0.1) is 0 Å². The van der Waals surface area contributed by atoms with Gasteiger partial charge in [-0.15, -0.1) is 0 Å². The zero-order valence-corrected chi connectivity index (χ0v) is 11.5. The number of hydrogen-bond acceptors (Lipinski definition) is 4. The monoisotopic (exact) mass is 220 g/mol. The largest absolute Gasteiger partial charge is 0.397 e. The lowest BCUT2D eigenvalue weighted by atomic mass is 9.87. The van der Waals surface area contributed by atoms with Crippen molar-refractivity contribution in [2.45, 2.75) is 37.3 Å². The molecule has 1 atom stereocenters. The van der Waals surface area contributed by atoms with Gasteiger partial charge < -0.3 is 18.6 Å². The summed E-state index contributed by atoms with van der Waals surface area (Å²) in [5.41, 5.74) is 0. The number of methoxy groups -OCH3 is 3. The first-order valence-corrected chi connectivity index (χ1v) is 5.72. The van der Waals surface area contributed by atoms with Crippen LogP contribution in [0.5, 0.6) is 0 Å². The van der Waals surface area contributed by atoms with Gasteiger partial charge in [-0.05, 0) is 12.8 Å². The van der Waals surface area contributed by atoms with Gasteiger partial charge in [0.1, 0.15) is 10.5 Å². The summed E-state index contributed by atoms with van der Waals surface area (Å²) >= 11 is 0. The number of ether oxygens (including phenoxy) is 3. The molecule has 0 aromatic heterocycles. The molecular formula is C9H20O4Si. The Morgan fingerprint density at radius 1 is 0.857 bits per heavy atom. The maximum absolute atomic E-state index is 5.59. The fourth-order valence-corrected chi connectivity index (χ4v) is 2.98. The topological polar surface area (TPSA) is 36.9 Å². The van der Waals surface area contributed by atoms with E-state index in [0.717, 1.165) is 25.7 Å². The molecule has 1 fully saturated rings. The average molecular weight is 220 g/mol. The van der Waals surface area contributed by atoms with Gasteiger partial charge in [0.05, 0.1) is 0 Å². The Morgan fingerprint density at radius 2 is 1.29 bits per heavy atom. The first kappa shape index (κ1) is 12.1. The van der Waals surface area contributed by atoms with Crippen molar-refractivity contribution in [3.05, 3.63) is 0 Å². The van der Waals surface area contributed by atoms with Crippen LogP contribution in [0.3, 0.4) is 0 Å². The third-order valence-corrected chi connectivity index (χ3v) is 3.82. The molecule has 1 aliphatic carbocycles. The summed E-state index contributed by atoms with van der Waals surface area (Å²) in [5, 5.41) is 0. The molecule has 0 aromatic carbocycles. The Kier molecular flexibility index (Phi) is 4.09. The van der Waals surface area contributed by atoms with Crippen LogP contribution in [-0.4, -0.2) is 43.4 Å². The summed E-state index contributed by atoms with van der Waals surface area (Å²) in [6.07, 6.45) is 3.81. The van der Waals surface area contributed by atoms with Crippen LogP contribution in [0.25, 0.3) is 0 Å². The normalized spacial score (nSPS) is 31.9. The lowest BCUT2D eigenvalue weighted by Crippen LogP contribution is -2.61. The summed E-state index contributed by atoms with van der Waals surface area (Å²) in [6, 6.07) is 0. The maximum atomic E-state index is 5.59. The molecule has 0 aliphatic heterocycles. The standard InChI is InChI=1S/C9H20O4Si/c1-10-8(11-2)6-4-5-7-9(8,12-3)13-14/h4-7H2,1-3,14H3. The molecular weight excluding hydrogens is 200 g/mol. The van der Waals surface area contributed by atoms with E-state index in [4.69, 9.17) is 18.6 Å². The Labute approximate surface area is 88.4 Å². The molecule has 14 heavy (non-hydrogen) atoms. The van der Waals surface area contributed by atoms with Gasteiger partial charge in [-0.1, -0.05) is 0 Å². The van der Waals surface area contributed by atoms with Gasteiger partial charge in [-0.25, -0.2) is 0 Å². The van der Waals surface area contributed by atoms with Crippen molar-refractivity contribution in [2.75, 3.05) is 21.3 Å². The second-order valence-electron chi connectivity index (χ2n) is 3.53. The molecule has 1 saturated carbocycles. The van der Waals surface area contributed by atoms with Gasteiger partial charge in [0, 0.05) is 34.2 Å². The van der Waals surface area contributed by atoms with Crippen molar-refractivity contribution >= 4 is 10.5 Å². The van der Waals surface area contributed by atoms with E-state index >= 15 is 0 Å². The molecule has 0 saturated heterocycles. The van der Waals surface area contributed by atoms with Crippen molar-refractivity contribution in [1.82, 2.24) is 0 Å². The van der Waals surface area contributed by atoms with E-state index in [2.05, 4.69) is 0 Å². The molecule has 0 amide bonds. The highest BCUT2D eigenvalue weighted by Gasteiger charge is 2.55. The lowest BCUT2D eigenvalue weighted by molar-refractivity contribution is -0.382. The first-order chi connectivity index (χ1) is 6.70. The zero-order chi connectivity index (χ0) is 10.7. The summed E-state index contributed by atoms with van der Waals surface area (Å²) < 4.78 is 22.0. The predicted molar refractivity (Wildman–Crippen MR) is 56.0 cm³/mol. The Balaban J connectivity index is 2.96. The zero-order valence-electron chi connectivity index (χ0n) is 9.46. The minimum atomic E-state index is -0.734. The predicted octanol–water partition coefficient (Wildman–Crippen LogP) is 0.189. The maximum Gasteiger partial charge on any atom is 0.222 e. The average Bonchev–Trinajstić information content (AvgIpc) is 2.28. The van der Waals surface area contributed by atoms with E-state index in [1.54, 1.807) is 21.3 Å². The van der Waals surface area contributed by atoms with Crippen LogP contribution < -0.4 is 0 Å². The summed E-state index contributed by atoms with van der Waals surface area (Å²) in [4.78, 5) is 0. The van der Waals surface area contributed by atoms with Crippen molar-refractivity contribution in [3.63, 3.8) is 0 Å². The molecule has 1 rings (SSSR count). The van der Waals surface area contributed by atoms with Gasteiger partial charge in [0.2, 0.25) is 11.6 Å². The van der Waals surface area contributed by atoms with Crippen LogP contribution >= 0.6 is 0 Å². The highest BCUT2D eigenvalue weighted by molar-refractivity contribution is 5.98. The van der Waals surface area contributed by atoms with E-state index in [1.807, 2.05) is 0 Å². The molecule has 1 aliphatic rings. The molecule has 0 spiro atoms. The van der Waals surface area contributed by atoms with Crippen LogP contribution in [-0.2, 0) is 18.6 Å². The molecule has 0 radical (unpaired) electrons. The third kappa shape index (κ3) is 1.63. The Morgan fingerprint density at radius 3 is 1.57 bits per heavy atom. The SMILES string of the molecule is COC1(OC)CCCCC1(OC)O[SiH3]. The number of hydrogen-bond donors (Lipinski definition) is 0. The fourth-order valence-electron chi connectivity index (χ4n) is 2.29. The molecule has 5 heteroatoms. The second kappa shape index (κ2) is 4.72. The third-order valence-electron chi connectivity index (χ3n) is 3.16. The quantitative estimate of drug-likeness (QED) is 0.500. The van der Waals surface area contributed by atoms with Crippen LogP contribution in [0.2, 0.25) is 0 Å².